The predicted octanol–water partition coefficient (Wildman–Crippen LogP) is 3.89. The number of hydrogen-bond acceptors (Lipinski definition) is 5. The molecule has 0 aromatic heterocycles. The van der Waals surface area contributed by atoms with E-state index in [2.05, 4.69) is 5.32 Å². The fourth-order valence-electron chi connectivity index (χ4n) is 3.65. The lowest BCUT2D eigenvalue weighted by Gasteiger charge is -2.26. The van der Waals surface area contributed by atoms with Gasteiger partial charge in [-0.05, 0) is 62.9 Å². The monoisotopic (exact) mass is 446 g/mol. The van der Waals surface area contributed by atoms with Crippen LogP contribution < -0.4 is 14.8 Å². The van der Waals surface area contributed by atoms with E-state index in [1.54, 1.807) is 6.07 Å². The molecule has 2 aromatic rings. The van der Waals surface area contributed by atoms with Crippen LogP contribution in [0.25, 0.3) is 0 Å². The van der Waals surface area contributed by atoms with Crippen LogP contribution in [0.15, 0.2) is 41.3 Å². The van der Waals surface area contributed by atoms with Crippen LogP contribution >= 0.6 is 0 Å². The molecular formula is C23H30N2O5S. The SMILES string of the molecule is CCOc1ccc(S(=O)(=O)N2CCCCC2)cc1NC(=O)COc1c(C)cccc1C. The van der Waals surface area contributed by atoms with Gasteiger partial charge in [0.2, 0.25) is 10.0 Å². The van der Waals surface area contributed by atoms with Gasteiger partial charge < -0.3 is 14.8 Å². The third-order valence-corrected chi connectivity index (χ3v) is 7.13. The Hall–Kier alpha value is -2.58. The lowest BCUT2D eigenvalue weighted by molar-refractivity contribution is -0.118. The number of carbonyl (C=O) groups is 1. The van der Waals surface area contributed by atoms with Gasteiger partial charge in [-0.15, -0.1) is 0 Å². The third-order valence-electron chi connectivity index (χ3n) is 5.23. The average Bonchev–Trinajstić information content (AvgIpc) is 2.75. The molecule has 0 atom stereocenters. The highest BCUT2D eigenvalue weighted by Crippen LogP contribution is 2.30. The molecule has 0 spiro atoms. The van der Waals surface area contributed by atoms with E-state index >= 15 is 0 Å². The van der Waals surface area contributed by atoms with Gasteiger partial charge in [-0.25, -0.2) is 8.42 Å². The van der Waals surface area contributed by atoms with E-state index in [-0.39, 0.29) is 11.5 Å². The number of anilines is 1. The van der Waals surface area contributed by atoms with Gasteiger partial charge in [-0.3, -0.25) is 4.79 Å². The van der Waals surface area contributed by atoms with Crippen molar-refractivity contribution in [2.24, 2.45) is 0 Å². The summed E-state index contributed by atoms with van der Waals surface area (Å²) in [5, 5.41) is 2.75. The van der Waals surface area contributed by atoms with Crippen molar-refractivity contribution in [2.75, 3.05) is 31.6 Å². The molecule has 1 saturated heterocycles. The van der Waals surface area contributed by atoms with Crippen molar-refractivity contribution in [3.8, 4) is 11.5 Å². The molecule has 0 radical (unpaired) electrons. The van der Waals surface area contributed by atoms with E-state index in [0.717, 1.165) is 30.4 Å². The molecule has 0 unspecified atom stereocenters. The van der Waals surface area contributed by atoms with E-state index in [1.165, 1.54) is 16.4 Å². The first kappa shape index (κ1) is 23.1. The summed E-state index contributed by atoms with van der Waals surface area (Å²) in [4.78, 5) is 12.7. The van der Waals surface area contributed by atoms with Crippen molar-refractivity contribution in [3.63, 3.8) is 0 Å². The minimum Gasteiger partial charge on any atom is -0.492 e. The van der Waals surface area contributed by atoms with Gasteiger partial charge in [0.25, 0.3) is 5.91 Å². The summed E-state index contributed by atoms with van der Waals surface area (Å²) in [5.41, 5.74) is 2.20. The fourth-order valence-corrected chi connectivity index (χ4v) is 5.20. The second-order valence-corrected chi connectivity index (χ2v) is 9.55. The molecule has 1 aliphatic heterocycles. The van der Waals surface area contributed by atoms with Crippen LogP contribution in [0.3, 0.4) is 0 Å². The Balaban J connectivity index is 1.78. The van der Waals surface area contributed by atoms with Crippen molar-refractivity contribution >= 4 is 21.6 Å². The predicted molar refractivity (Wildman–Crippen MR) is 120 cm³/mol. The number of benzene rings is 2. The number of rotatable bonds is 8. The Kier molecular flexibility index (Phi) is 7.56. The van der Waals surface area contributed by atoms with Gasteiger partial charge in [-0.2, -0.15) is 4.31 Å². The zero-order valence-corrected chi connectivity index (χ0v) is 19.1. The van der Waals surface area contributed by atoms with Crippen LogP contribution in [0.2, 0.25) is 0 Å². The van der Waals surface area contributed by atoms with E-state index in [4.69, 9.17) is 9.47 Å². The maximum atomic E-state index is 13.0. The molecule has 2 aromatic carbocycles. The van der Waals surface area contributed by atoms with E-state index in [9.17, 15) is 13.2 Å². The Morgan fingerprint density at radius 2 is 1.71 bits per heavy atom. The van der Waals surface area contributed by atoms with Crippen LogP contribution in [-0.4, -0.2) is 44.9 Å². The average molecular weight is 447 g/mol. The van der Waals surface area contributed by atoms with Crippen LogP contribution in [0.4, 0.5) is 5.69 Å². The molecule has 0 bridgehead atoms. The Bertz CT molecular complexity index is 1010. The summed E-state index contributed by atoms with van der Waals surface area (Å²) in [5.74, 6) is 0.695. The third kappa shape index (κ3) is 5.57. The molecule has 31 heavy (non-hydrogen) atoms. The molecule has 1 amide bonds. The standard InChI is InChI=1S/C23H30N2O5S/c1-4-29-21-12-11-19(31(27,28)25-13-6-5-7-14-25)15-20(21)24-22(26)16-30-23-17(2)9-8-10-18(23)3/h8-12,15H,4-7,13-14,16H2,1-3H3,(H,24,26). The second-order valence-electron chi connectivity index (χ2n) is 7.61. The van der Waals surface area contributed by atoms with Crippen LogP contribution in [0, 0.1) is 13.8 Å². The molecule has 1 heterocycles. The Morgan fingerprint density at radius 1 is 1.03 bits per heavy atom. The zero-order chi connectivity index (χ0) is 22.4. The molecule has 0 saturated carbocycles. The first-order valence-electron chi connectivity index (χ1n) is 10.6. The van der Waals surface area contributed by atoms with Gasteiger partial charge >= 0.3 is 0 Å². The number of hydrogen-bond donors (Lipinski definition) is 1. The number of carbonyl (C=O) groups excluding carboxylic acids is 1. The summed E-state index contributed by atoms with van der Waals surface area (Å²) in [7, 11) is -3.62. The van der Waals surface area contributed by atoms with Crippen molar-refractivity contribution < 1.29 is 22.7 Å². The number of nitrogens with zero attached hydrogens (tertiary/aromatic N) is 1. The first-order chi connectivity index (χ1) is 14.8. The molecule has 8 heteroatoms. The topological polar surface area (TPSA) is 84.9 Å². The largest absolute Gasteiger partial charge is 0.492 e. The van der Waals surface area contributed by atoms with Crippen molar-refractivity contribution in [2.45, 2.75) is 44.9 Å². The molecule has 0 aliphatic carbocycles. The minimum absolute atomic E-state index is 0.142. The molecule has 1 aliphatic rings. The minimum atomic E-state index is -3.62. The van der Waals surface area contributed by atoms with Crippen molar-refractivity contribution in [1.29, 1.82) is 0 Å². The fraction of sp³-hybridized carbons (Fsp3) is 0.435. The van der Waals surface area contributed by atoms with Crippen LogP contribution in [0.1, 0.15) is 37.3 Å². The Morgan fingerprint density at radius 3 is 2.35 bits per heavy atom. The highest BCUT2D eigenvalue weighted by Gasteiger charge is 2.27. The maximum absolute atomic E-state index is 13.0. The number of ether oxygens (including phenoxy) is 2. The number of amides is 1. The van der Waals surface area contributed by atoms with Gasteiger partial charge in [0.05, 0.1) is 17.2 Å². The molecule has 168 valence electrons. The van der Waals surface area contributed by atoms with Gasteiger partial charge in [-0.1, -0.05) is 24.6 Å². The number of piperidine rings is 1. The Labute approximate surface area is 184 Å². The highest BCUT2D eigenvalue weighted by molar-refractivity contribution is 7.89. The van der Waals surface area contributed by atoms with E-state index in [1.807, 2.05) is 39.0 Å². The smallest absolute Gasteiger partial charge is 0.262 e. The molecule has 3 rings (SSSR count). The van der Waals surface area contributed by atoms with Crippen molar-refractivity contribution in [1.82, 2.24) is 4.31 Å². The van der Waals surface area contributed by atoms with Gasteiger partial charge in [0.15, 0.2) is 6.61 Å². The summed E-state index contributed by atoms with van der Waals surface area (Å²) in [6.07, 6.45) is 2.75. The maximum Gasteiger partial charge on any atom is 0.262 e. The zero-order valence-electron chi connectivity index (χ0n) is 18.3. The molecule has 7 nitrogen and oxygen atoms in total. The normalized spacial score (nSPS) is 14.8. The summed E-state index contributed by atoms with van der Waals surface area (Å²) in [6.45, 7) is 6.89. The highest BCUT2D eigenvalue weighted by atomic mass is 32.2. The van der Waals surface area contributed by atoms with Crippen molar-refractivity contribution in [3.05, 3.63) is 47.5 Å². The lowest BCUT2D eigenvalue weighted by atomic mass is 10.1. The molecular weight excluding hydrogens is 416 g/mol. The number of nitrogens with one attached hydrogen (secondary N) is 1. The number of para-hydroxylation sites is 1. The number of aryl methyl sites for hydroxylation is 2. The number of sulfonamides is 1. The quantitative estimate of drug-likeness (QED) is 0.665. The summed E-state index contributed by atoms with van der Waals surface area (Å²) < 4.78 is 38.9. The molecule has 1 N–H and O–H groups in total. The van der Waals surface area contributed by atoms with Gasteiger partial charge in [0, 0.05) is 13.1 Å². The first-order valence-corrected chi connectivity index (χ1v) is 12.0. The lowest BCUT2D eigenvalue weighted by Crippen LogP contribution is -2.35. The van der Waals surface area contributed by atoms with Crippen LogP contribution in [-0.2, 0) is 14.8 Å². The summed E-state index contributed by atoms with van der Waals surface area (Å²) >= 11 is 0. The van der Waals surface area contributed by atoms with E-state index < -0.39 is 15.9 Å². The van der Waals surface area contributed by atoms with E-state index in [0.29, 0.717) is 36.9 Å². The van der Waals surface area contributed by atoms with Crippen LogP contribution in [0.5, 0.6) is 11.5 Å². The summed E-state index contributed by atoms with van der Waals surface area (Å²) in [6, 6.07) is 10.3. The van der Waals surface area contributed by atoms with Gasteiger partial charge in [0.1, 0.15) is 11.5 Å². The second kappa shape index (κ2) is 10.2. The molecule has 1 fully saturated rings.